The third-order valence-corrected chi connectivity index (χ3v) is 5.93. The molecule has 4 rings (SSSR count). The van der Waals surface area contributed by atoms with Gasteiger partial charge in [-0.15, -0.1) is 0 Å². The fourth-order valence-electron chi connectivity index (χ4n) is 3.56. The molecule has 0 saturated carbocycles. The number of rotatable bonds is 8. The molecular formula is C27H26BrN5O3. The lowest BCUT2D eigenvalue weighted by Crippen LogP contribution is -2.22. The van der Waals surface area contributed by atoms with Crippen LogP contribution in [0.3, 0.4) is 0 Å². The number of benzene rings is 3. The van der Waals surface area contributed by atoms with Crippen LogP contribution in [0.5, 0.6) is 5.75 Å². The Morgan fingerprint density at radius 1 is 1.14 bits per heavy atom. The van der Waals surface area contributed by atoms with E-state index in [1.54, 1.807) is 18.3 Å². The van der Waals surface area contributed by atoms with E-state index >= 15 is 0 Å². The molecule has 0 aliphatic heterocycles. The van der Waals surface area contributed by atoms with Crippen molar-refractivity contribution in [2.75, 3.05) is 30.9 Å². The first kappa shape index (κ1) is 25.1. The molecule has 36 heavy (non-hydrogen) atoms. The predicted octanol–water partition coefficient (Wildman–Crippen LogP) is 4.69. The number of fused-ring (bicyclic) bond motifs is 1. The van der Waals surface area contributed by atoms with Gasteiger partial charge in [0.25, 0.3) is 11.5 Å². The summed E-state index contributed by atoms with van der Waals surface area (Å²) in [6.45, 7) is 1.74. The number of hydrogen-bond acceptors (Lipinski definition) is 6. The first-order chi connectivity index (χ1) is 17.4. The Labute approximate surface area is 217 Å². The monoisotopic (exact) mass is 547 g/mol. The van der Waals surface area contributed by atoms with Crippen molar-refractivity contribution >= 4 is 50.3 Å². The van der Waals surface area contributed by atoms with Gasteiger partial charge in [0.15, 0.2) is 6.61 Å². The number of halogens is 1. The second kappa shape index (κ2) is 11.2. The number of ether oxygens (including phenoxy) is 1. The molecule has 0 unspecified atom stereocenters. The van der Waals surface area contributed by atoms with Gasteiger partial charge in [-0.2, -0.15) is 9.78 Å². The van der Waals surface area contributed by atoms with Crippen molar-refractivity contribution in [1.82, 2.24) is 9.66 Å². The Kier molecular flexibility index (Phi) is 7.80. The van der Waals surface area contributed by atoms with Gasteiger partial charge in [0.1, 0.15) is 11.6 Å². The molecule has 0 saturated heterocycles. The van der Waals surface area contributed by atoms with E-state index < -0.39 is 0 Å². The number of carbonyl (C=O) groups is 1. The molecule has 3 aromatic carbocycles. The number of nitrogens with zero attached hydrogens (tertiary/aromatic N) is 4. The largest absolute Gasteiger partial charge is 0.483 e. The van der Waals surface area contributed by atoms with Gasteiger partial charge in [0.2, 0.25) is 0 Å². The summed E-state index contributed by atoms with van der Waals surface area (Å²) < 4.78 is 7.98. The van der Waals surface area contributed by atoms with Crippen molar-refractivity contribution in [1.29, 1.82) is 0 Å². The standard InChI is InChI=1S/C27H26BrN5O3/c1-4-25-31-23-13-11-19(28)14-22(23)27(35)33(25)29-16-18-10-12-21(32(2)3)15-24(18)36-17-26(34)30-20-8-6-5-7-9-20/h5-16H,4,17H2,1-3H3,(H,30,34). The zero-order chi connectivity index (χ0) is 25.7. The summed E-state index contributed by atoms with van der Waals surface area (Å²) in [6.07, 6.45) is 2.08. The number of carbonyl (C=O) groups excluding carboxylic acids is 1. The van der Waals surface area contributed by atoms with Gasteiger partial charge >= 0.3 is 0 Å². The van der Waals surface area contributed by atoms with Crippen LogP contribution in [0.25, 0.3) is 10.9 Å². The van der Waals surface area contributed by atoms with Gasteiger partial charge in [-0.05, 0) is 42.5 Å². The molecular weight excluding hydrogens is 522 g/mol. The summed E-state index contributed by atoms with van der Waals surface area (Å²) in [5.74, 6) is 0.726. The van der Waals surface area contributed by atoms with E-state index in [0.717, 1.165) is 10.2 Å². The minimum atomic E-state index is -0.284. The van der Waals surface area contributed by atoms with E-state index in [0.29, 0.717) is 40.1 Å². The summed E-state index contributed by atoms with van der Waals surface area (Å²) in [6, 6.07) is 20.2. The van der Waals surface area contributed by atoms with Crippen LogP contribution in [0.2, 0.25) is 0 Å². The molecule has 1 heterocycles. The van der Waals surface area contributed by atoms with Crippen molar-refractivity contribution in [2.45, 2.75) is 13.3 Å². The van der Waals surface area contributed by atoms with Gasteiger partial charge in [-0.3, -0.25) is 9.59 Å². The van der Waals surface area contributed by atoms with Crippen molar-refractivity contribution in [2.24, 2.45) is 5.10 Å². The summed E-state index contributed by atoms with van der Waals surface area (Å²) in [7, 11) is 3.84. The highest BCUT2D eigenvalue weighted by Gasteiger charge is 2.12. The summed E-state index contributed by atoms with van der Waals surface area (Å²) >= 11 is 3.41. The van der Waals surface area contributed by atoms with E-state index in [2.05, 4.69) is 31.3 Å². The molecule has 0 fully saturated rings. The van der Waals surface area contributed by atoms with Crippen LogP contribution in [0.1, 0.15) is 18.3 Å². The van der Waals surface area contributed by atoms with Crippen LogP contribution < -0.4 is 20.5 Å². The smallest absolute Gasteiger partial charge is 0.282 e. The molecule has 0 radical (unpaired) electrons. The van der Waals surface area contributed by atoms with Crippen molar-refractivity contribution < 1.29 is 9.53 Å². The maximum absolute atomic E-state index is 13.2. The summed E-state index contributed by atoms with van der Waals surface area (Å²) in [5, 5.41) is 7.74. The third-order valence-electron chi connectivity index (χ3n) is 5.43. The van der Waals surface area contributed by atoms with Crippen molar-refractivity contribution in [3.63, 3.8) is 0 Å². The van der Waals surface area contributed by atoms with E-state index in [9.17, 15) is 9.59 Å². The molecule has 8 nitrogen and oxygen atoms in total. The number of nitrogens with one attached hydrogen (secondary N) is 1. The fraction of sp³-hybridized carbons (Fsp3) is 0.185. The molecule has 9 heteroatoms. The van der Waals surface area contributed by atoms with Crippen LogP contribution in [-0.2, 0) is 11.2 Å². The molecule has 0 spiro atoms. The minimum Gasteiger partial charge on any atom is -0.483 e. The Morgan fingerprint density at radius 3 is 2.64 bits per heavy atom. The highest BCUT2D eigenvalue weighted by Crippen LogP contribution is 2.24. The van der Waals surface area contributed by atoms with E-state index in [-0.39, 0.29) is 18.1 Å². The Hall–Kier alpha value is -3.98. The number of aromatic nitrogens is 2. The molecule has 1 aromatic heterocycles. The lowest BCUT2D eigenvalue weighted by molar-refractivity contribution is -0.118. The maximum Gasteiger partial charge on any atom is 0.282 e. The zero-order valence-electron chi connectivity index (χ0n) is 20.2. The molecule has 4 aromatic rings. The summed E-state index contributed by atoms with van der Waals surface area (Å²) in [5.41, 5.74) is 2.57. The van der Waals surface area contributed by atoms with Crippen LogP contribution in [0.4, 0.5) is 11.4 Å². The van der Waals surface area contributed by atoms with E-state index in [1.807, 2.05) is 80.5 Å². The first-order valence-electron chi connectivity index (χ1n) is 11.4. The molecule has 1 N–H and O–H groups in total. The van der Waals surface area contributed by atoms with Crippen molar-refractivity contribution in [3.05, 3.63) is 92.9 Å². The predicted molar refractivity (Wildman–Crippen MR) is 147 cm³/mol. The average molecular weight is 548 g/mol. The lowest BCUT2D eigenvalue weighted by Gasteiger charge is -2.16. The van der Waals surface area contributed by atoms with Gasteiger partial charge in [-0.1, -0.05) is 41.1 Å². The van der Waals surface area contributed by atoms with E-state index in [1.165, 1.54) is 4.68 Å². The lowest BCUT2D eigenvalue weighted by atomic mass is 10.2. The number of hydrogen-bond donors (Lipinski definition) is 1. The molecule has 0 atom stereocenters. The quantitative estimate of drug-likeness (QED) is 0.323. The SMILES string of the molecule is CCc1nc2ccc(Br)cc2c(=O)n1N=Cc1ccc(N(C)C)cc1OCC(=O)Nc1ccccc1. The van der Waals surface area contributed by atoms with Crippen LogP contribution in [0.15, 0.2) is 81.1 Å². The first-order valence-corrected chi connectivity index (χ1v) is 12.2. The minimum absolute atomic E-state index is 0.182. The Balaban J connectivity index is 1.64. The van der Waals surface area contributed by atoms with Gasteiger partial charge in [-0.25, -0.2) is 4.98 Å². The average Bonchev–Trinajstić information content (AvgIpc) is 2.88. The molecule has 1 amide bonds. The van der Waals surface area contributed by atoms with Gasteiger partial charge in [0.05, 0.1) is 17.1 Å². The van der Waals surface area contributed by atoms with E-state index in [4.69, 9.17) is 4.74 Å². The molecule has 0 bridgehead atoms. The molecule has 0 aliphatic carbocycles. The fourth-order valence-corrected chi connectivity index (χ4v) is 3.92. The zero-order valence-corrected chi connectivity index (χ0v) is 21.8. The summed E-state index contributed by atoms with van der Waals surface area (Å²) in [4.78, 5) is 32.2. The van der Waals surface area contributed by atoms with Gasteiger partial charge in [0, 0.05) is 48.0 Å². The third kappa shape index (κ3) is 5.80. The second-order valence-corrected chi connectivity index (χ2v) is 9.14. The van der Waals surface area contributed by atoms with Crippen LogP contribution in [0, 0.1) is 0 Å². The number of para-hydroxylation sites is 1. The number of anilines is 2. The Morgan fingerprint density at radius 2 is 1.92 bits per heavy atom. The normalized spacial score (nSPS) is 11.1. The molecule has 0 aliphatic rings. The van der Waals surface area contributed by atoms with Gasteiger partial charge < -0.3 is 15.0 Å². The Bertz CT molecular complexity index is 1480. The maximum atomic E-state index is 13.2. The number of aryl methyl sites for hydroxylation is 1. The van der Waals surface area contributed by atoms with Crippen molar-refractivity contribution in [3.8, 4) is 5.75 Å². The number of amides is 1. The van der Waals surface area contributed by atoms with Crippen LogP contribution >= 0.6 is 15.9 Å². The second-order valence-electron chi connectivity index (χ2n) is 8.22. The highest BCUT2D eigenvalue weighted by molar-refractivity contribution is 9.10. The van der Waals surface area contributed by atoms with Crippen LogP contribution in [-0.4, -0.2) is 42.5 Å². The highest BCUT2D eigenvalue weighted by atomic mass is 79.9. The molecule has 184 valence electrons. The topological polar surface area (TPSA) is 88.8 Å².